The average molecular weight is 402 g/mol. The van der Waals surface area contributed by atoms with Crippen LogP contribution in [0.5, 0.6) is 5.75 Å². The minimum absolute atomic E-state index is 0.125. The van der Waals surface area contributed by atoms with Crippen LogP contribution in [0.1, 0.15) is 57.8 Å². The van der Waals surface area contributed by atoms with Crippen LogP contribution in [0.25, 0.3) is 0 Å². The number of hydrogen-bond acceptors (Lipinski definition) is 8. The zero-order chi connectivity index (χ0) is 20.5. The number of nitrogens with zero attached hydrogens (tertiary/aromatic N) is 1. The highest BCUT2D eigenvalue weighted by Crippen LogP contribution is 2.32. The van der Waals surface area contributed by atoms with Crippen molar-refractivity contribution in [3.63, 3.8) is 0 Å². The van der Waals surface area contributed by atoms with Crippen molar-refractivity contribution in [1.29, 1.82) is 5.26 Å². The maximum absolute atomic E-state index is 12.3. The summed E-state index contributed by atoms with van der Waals surface area (Å²) in [6.45, 7) is 4.31. The summed E-state index contributed by atoms with van der Waals surface area (Å²) in [6, 6.07) is 8.53. The Balaban J connectivity index is 2.08. The van der Waals surface area contributed by atoms with Crippen molar-refractivity contribution in [3.8, 4) is 11.8 Å². The number of carbonyl (C=O) groups excluding carboxylic acids is 2. The number of hydrogen-bond donors (Lipinski definition) is 1. The van der Waals surface area contributed by atoms with Gasteiger partial charge in [-0.25, -0.2) is 9.59 Å². The lowest BCUT2D eigenvalue weighted by molar-refractivity contribution is 0.0452. The summed E-state index contributed by atoms with van der Waals surface area (Å²) >= 11 is 0.945. The molecule has 1 aromatic heterocycles. The van der Waals surface area contributed by atoms with Gasteiger partial charge in [-0.1, -0.05) is 13.3 Å². The summed E-state index contributed by atoms with van der Waals surface area (Å²) in [5, 5.41) is 9.48. The number of rotatable bonds is 9. The summed E-state index contributed by atoms with van der Waals surface area (Å²) in [5.74, 6) is -0.504. The van der Waals surface area contributed by atoms with Crippen molar-refractivity contribution < 1.29 is 23.8 Å². The lowest BCUT2D eigenvalue weighted by Crippen LogP contribution is -2.10. The molecule has 2 rings (SSSR count). The fourth-order valence-corrected chi connectivity index (χ4v) is 3.27. The van der Waals surface area contributed by atoms with Gasteiger partial charge in [0.1, 0.15) is 28.3 Å². The third-order valence-corrected chi connectivity index (χ3v) is 4.85. The number of benzene rings is 1. The van der Waals surface area contributed by atoms with Crippen molar-refractivity contribution in [2.45, 2.75) is 33.3 Å². The van der Waals surface area contributed by atoms with E-state index in [0.29, 0.717) is 17.9 Å². The van der Waals surface area contributed by atoms with Gasteiger partial charge in [-0.3, -0.25) is 0 Å². The second-order valence-corrected chi connectivity index (χ2v) is 6.84. The molecule has 0 radical (unpaired) electrons. The van der Waals surface area contributed by atoms with Gasteiger partial charge in [0.15, 0.2) is 0 Å². The SMILES string of the molecule is CCCCOc1ccc(C(=O)OCc2c(C(=O)OCC)sc(N)c2C#N)cc1. The zero-order valence-corrected chi connectivity index (χ0v) is 16.6. The standard InChI is InChI=1S/C20H22N2O5S/c1-3-5-10-26-14-8-6-13(7-9-14)19(23)27-12-16-15(11-21)18(22)28-17(16)20(24)25-4-2/h6-9H,3-5,10,12,22H2,1-2H3. The van der Waals surface area contributed by atoms with E-state index in [4.69, 9.17) is 19.9 Å². The molecule has 8 heteroatoms. The Hall–Kier alpha value is -3.05. The van der Waals surface area contributed by atoms with Gasteiger partial charge >= 0.3 is 11.9 Å². The lowest BCUT2D eigenvalue weighted by Gasteiger charge is -2.08. The number of unbranched alkanes of at least 4 members (excludes halogenated alkanes) is 1. The maximum Gasteiger partial charge on any atom is 0.348 e. The van der Waals surface area contributed by atoms with Crippen LogP contribution in [0, 0.1) is 11.3 Å². The first-order valence-corrected chi connectivity index (χ1v) is 9.71. The molecule has 0 spiro atoms. The van der Waals surface area contributed by atoms with Gasteiger partial charge in [0.05, 0.1) is 24.3 Å². The van der Waals surface area contributed by atoms with Crippen molar-refractivity contribution in [2.24, 2.45) is 0 Å². The Bertz CT molecular complexity index is 868. The van der Waals surface area contributed by atoms with Crippen LogP contribution in [0.15, 0.2) is 24.3 Å². The van der Waals surface area contributed by atoms with Crippen LogP contribution >= 0.6 is 11.3 Å². The fourth-order valence-electron chi connectivity index (χ4n) is 2.35. The quantitative estimate of drug-likeness (QED) is 0.500. The molecule has 0 atom stereocenters. The second-order valence-electron chi connectivity index (χ2n) is 5.78. The van der Waals surface area contributed by atoms with Crippen LogP contribution in [-0.2, 0) is 16.1 Å². The van der Waals surface area contributed by atoms with E-state index in [9.17, 15) is 14.9 Å². The Kier molecular flexibility index (Phi) is 7.84. The molecule has 0 saturated heterocycles. The predicted molar refractivity (Wildman–Crippen MR) is 105 cm³/mol. The number of anilines is 1. The molecule has 28 heavy (non-hydrogen) atoms. The summed E-state index contributed by atoms with van der Waals surface area (Å²) in [7, 11) is 0. The summed E-state index contributed by atoms with van der Waals surface area (Å²) in [4.78, 5) is 24.6. The highest BCUT2D eigenvalue weighted by molar-refractivity contribution is 7.18. The normalized spacial score (nSPS) is 10.2. The molecule has 0 aliphatic carbocycles. The van der Waals surface area contributed by atoms with E-state index >= 15 is 0 Å². The molecule has 1 aromatic carbocycles. The number of nitrogen functional groups attached to an aromatic ring is 1. The highest BCUT2D eigenvalue weighted by Gasteiger charge is 2.24. The van der Waals surface area contributed by atoms with Crippen LogP contribution in [0.3, 0.4) is 0 Å². The number of ether oxygens (including phenoxy) is 3. The number of nitrogens with two attached hydrogens (primary N) is 1. The molecular formula is C20H22N2O5S. The smallest absolute Gasteiger partial charge is 0.348 e. The van der Waals surface area contributed by atoms with Gasteiger partial charge < -0.3 is 19.9 Å². The van der Waals surface area contributed by atoms with E-state index in [1.165, 1.54) is 0 Å². The largest absolute Gasteiger partial charge is 0.494 e. The van der Waals surface area contributed by atoms with Crippen molar-refractivity contribution >= 4 is 28.3 Å². The summed E-state index contributed by atoms with van der Waals surface area (Å²) < 4.78 is 15.8. The van der Waals surface area contributed by atoms with Crippen LogP contribution < -0.4 is 10.5 Å². The van der Waals surface area contributed by atoms with Gasteiger partial charge in [0.25, 0.3) is 0 Å². The molecule has 0 bridgehead atoms. The average Bonchev–Trinajstić information content (AvgIpc) is 3.02. The monoisotopic (exact) mass is 402 g/mol. The first-order chi connectivity index (χ1) is 13.5. The van der Waals surface area contributed by atoms with Gasteiger partial charge in [0.2, 0.25) is 0 Å². The minimum atomic E-state index is -0.597. The highest BCUT2D eigenvalue weighted by atomic mass is 32.1. The summed E-state index contributed by atoms with van der Waals surface area (Å²) in [5.41, 5.74) is 6.53. The van der Waals surface area contributed by atoms with Crippen molar-refractivity contribution in [2.75, 3.05) is 18.9 Å². The van der Waals surface area contributed by atoms with Gasteiger partial charge in [0, 0.05) is 5.56 Å². The number of esters is 2. The molecule has 0 unspecified atom stereocenters. The lowest BCUT2D eigenvalue weighted by atomic mass is 10.1. The first kappa shape index (κ1) is 21.3. The minimum Gasteiger partial charge on any atom is -0.494 e. The van der Waals surface area contributed by atoms with Crippen LogP contribution in [0.2, 0.25) is 0 Å². The molecule has 7 nitrogen and oxygen atoms in total. The molecule has 2 aromatic rings. The maximum atomic E-state index is 12.3. The Morgan fingerprint density at radius 3 is 2.46 bits per heavy atom. The topological polar surface area (TPSA) is 112 Å². The molecule has 0 aliphatic heterocycles. The molecule has 0 saturated carbocycles. The van der Waals surface area contributed by atoms with Crippen LogP contribution in [0.4, 0.5) is 5.00 Å². The number of nitriles is 1. The molecule has 148 valence electrons. The van der Waals surface area contributed by atoms with Crippen molar-refractivity contribution in [1.82, 2.24) is 0 Å². The van der Waals surface area contributed by atoms with Gasteiger partial charge in [-0.05, 0) is 37.6 Å². The zero-order valence-electron chi connectivity index (χ0n) is 15.8. The predicted octanol–water partition coefficient (Wildman–Crippen LogP) is 3.91. The Labute approximate surface area is 167 Å². The first-order valence-electron chi connectivity index (χ1n) is 8.90. The van der Waals surface area contributed by atoms with Crippen LogP contribution in [-0.4, -0.2) is 25.2 Å². The fraction of sp³-hybridized carbons (Fsp3) is 0.350. The Morgan fingerprint density at radius 2 is 1.86 bits per heavy atom. The Morgan fingerprint density at radius 1 is 1.14 bits per heavy atom. The van der Waals surface area contributed by atoms with E-state index in [0.717, 1.165) is 24.2 Å². The second kappa shape index (κ2) is 10.3. The number of thiophene rings is 1. The van der Waals surface area contributed by atoms with Gasteiger partial charge in [-0.15, -0.1) is 11.3 Å². The van der Waals surface area contributed by atoms with E-state index in [-0.39, 0.29) is 34.2 Å². The van der Waals surface area contributed by atoms with E-state index < -0.39 is 11.9 Å². The van der Waals surface area contributed by atoms with E-state index in [1.807, 2.05) is 6.07 Å². The van der Waals surface area contributed by atoms with E-state index in [1.54, 1.807) is 31.2 Å². The van der Waals surface area contributed by atoms with Crippen molar-refractivity contribution in [3.05, 3.63) is 45.8 Å². The molecule has 0 amide bonds. The molecule has 0 aliphatic rings. The third-order valence-electron chi connectivity index (χ3n) is 3.81. The number of carbonyl (C=O) groups is 2. The third kappa shape index (κ3) is 5.24. The molecular weight excluding hydrogens is 380 g/mol. The summed E-state index contributed by atoms with van der Waals surface area (Å²) in [6.07, 6.45) is 1.99. The molecule has 0 fully saturated rings. The molecule has 2 N–H and O–H groups in total. The molecule has 1 heterocycles. The van der Waals surface area contributed by atoms with E-state index in [2.05, 4.69) is 6.92 Å². The van der Waals surface area contributed by atoms with Gasteiger partial charge in [-0.2, -0.15) is 5.26 Å².